The summed E-state index contributed by atoms with van der Waals surface area (Å²) in [7, 11) is 5.12. The van der Waals surface area contributed by atoms with Crippen molar-refractivity contribution in [2.24, 2.45) is 11.1 Å². The predicted molar refractivity (Wildman–Crippen MR) is 170 cm³/mol. The molecule has 3 heterocycles. The number of nitrogens with zero attached hydrogens (tertiary/aromatic N) is 3. The summed E-state index contributed by atoms with van der Waals surface area (Å²) in [4.78, 5) is 75.7. The van der Waals surface area contributed by atoms with Crippen LogP contribution in [0.4, 0.5) is 9.93 Å². The van der Waals surface area contributed by atoms with Crippen molar-refractivity contribution in [1.82, 2.24) is 9.88 Å². The summed E-state index contributed by atoms with van der Waals surface area (Å²) >= 11 is 8.42. The van der Waals surface area contributed by atoms with E-state index < -0.39 is 57.8 Å². The largest absolute Gasteiger partial charge is 0.539 e. The average molecular weight is 683 g/mol. The number of β-lactam (4-membered cyclic amide) rings is 1. The Labute approximate surface area is 276 Å². The van der Waals surface area contributed by atoms with E-state index in [1.54, 1.807) is 41.5 Å². The summed E-state index contributed by atoms with van der Waals surface area (Å²) in [5, 5.41) is 7.24. The molecule has 0 aliphatic carbocycles. The minimum absolute atomic E-state index is 0.0240. The molecule has 244 valence electrons. The lowest BCUT2D eigenvalue weighted by molar-refractivity contribution is -0.179. The van der Waals surface area contributed by atoms with Gasteiger partial charge < -0.3 is 19.0 Å². The van der Waals surface area contributed by atoms with Crippen molar-refractivity contribution < 1.29 is 42.9 Å². The van der Waals surface area contributed by atoms with Crippen LogP contribution >= 0.6 is 34.7 Å². The minimum Gasteiger partial charge on any atom is -0.539 e. The van der Waals surface area contributed by atoms with Crippen molar-refractivity contribution in [3.05, 3.63) is 22.3 Å². The van der Waals surface area contributed by atoms with Crippen LogP contribution in [0.25, 0.3) is 0 Å². The Kier molecular flexibility index (Phi) is 11.1. The number of carbonyl (C=O) groups is 5. The maximum atomic E-state index is 13.8. The van der Waals surface area contributed by atoms with E-state index in [1.165, 1.54) is 35.9 Å². The molecule has 2 aliphatic heterocycles. The van der Waals surface area contributed by atoms with Gasteiger partial charge in [0, 0.05) is 22.9 Å². The Morgan fingerprint density at radius 2 is 1.71 bits per heavy atom. The molecule has 3 atom stereocenters. The Morgan fingerprint density at radius 3 is 2.27 bits per heavy atom. The number of thiazole rings is 1. The summed E-state index contributed by atoms with van der Waals surface area (Å²) in [5.74, 6) is -3.64. The van der Waals surface area contributed by atoms with E-state index in [9.17, 15) is 24.0 Å². The molecule has 2 radical (unpaired) electrons. The molecule has 1 fully saturated rings. The van der Waals surface area contributed by atoms with Crippen molar-refractivity contribution in [3.8, 4) is 0 Å². The number of hydrogen-bond acceptors (Lipinski definition) is 13. The zero-order valence-corrected chi connectivity index (χ0v) is 28.9. The fraction of sp³-hybridized carbons (Fsp3) is 0.607. The van der Waals surface area contributed by atoms with Crippen LogP contribution in [-0.2, 0) is 38.1 Å². The zero-order chi connectivity index (χ0) is 34.1. The number of amides is 2. The lowest BCUT2D eigenvalue weighted by atomic mass is 9.88. The van der Waals surface area contributed by atoms with Crippen molar-refractivity contribution >= 4 is 83.3 Å². The molecule has 1 aromatic rings. The third-order valence-corrected chi connectivity index (χ3v) is 8.81. The van der Waals surface area contributed by atoms with Crippen molar-refractivity contribution in [3.63, 3.8) is 0 Å². The summed E-state index contributed by atoms with van der Waals surface area (Å²) < 4.78 is 15.1. The molecular weight excluding hydrogens is 647 g/mol. The molecule has 1 aromatic heterocycles. The van der Waals surface area contributed by atoms with Gasteiger partial charge in [-0.25, -0.2) is 19.4 Å². The second kappa shape index (κ2) is 13.7. The number of hydrogen-bond donors (Lipinski definition) is 1. The van der Waals surface area contributed by atoms with Crippen LogP contribution in [0, 0.1) is 5.92 Å². The number of ether oxygens (including phenoxy) is 2. The van der Waals surface area contributed by atoms with Gasteiger partial charge in [0.05, 0.1) is 11.3 Å². The second-order valence-electron chi connectivity index (χ2n) is 12.7. The van der Waals surface area contributed by atoms with E-state index in [1.807, 2.05) is 6.92 Å². The van der Waals surface area contributed by atoms with Crippen LogP contribution in [-0.4, -0.2) is 86.7 Å². The quantitative estimate of drug-likeness (QED) is 0.0933. The highest BCUT2D eigenvalue weighted by molar-refractivity contribution is 8.00. The van der Waals surface area contributed by atoms with E-state index in [4.69, 9.17) is 34.0 Å². The van der Waals surface area contributed by atoms with Gasteiger partial charge in [-0.3, -0.25) is 19.8 Å². The molecule has 0 saturated carbocycles. The number of esters is 1. The monoisotopic (exact) mass is 682 g/mol. The van der Waals surface area contributed by atoms with Gasteiger partial charge in [0.1, 0.15) is 22.6 Å². The number of nitrogens with one attached hydrogen (secondary N) is 1. The van der Waals surface area contributed by atoms with E-state index in [2.05, 4.69) is 20.1 Å². The first-order valence-electron chi connectivity index (χ1n) is 13.9. The standard InChI is InChI=1S/C28H36BClN4O9S2/c1-13-15(11-30)19(22(37)42-29)34-20(36)14(21(34)45-13)10-17(35)18(33-43-28(8,9)23(38)40-26(2,3)4)16-12-44-24(31-16)32-25(39)41-27(5,6)7/h12-14,21H,10-11H2,1-9H3,(H,31,32,39)/b33-18-/t13-,14-,21-/m1/s1. The number of fused-ring (bicyclic) bond motifs is 1. The molecule has 0 aromatic carbocycles. The highest BCUT2D eigenvalue weighted by atomic mass is 35.5. The fourth-order valence-corrected chi connectivity index (χ4v) is 6.81. The SMILES string of the molecule is [B]OC(=O)C1=C(CCl)[C@@H](C)S[C@@H]2[C@H](CC(=O)/C(=N\OC(C)(C)C(=O)OC(C)(C)C)c3csc(NC(=O)OC(C)(C)C)n3)C(=O)N12. The minimum atomic E-state index is -1.61. The first-order valence-corrected chi connectivity index (χ1v) is 16.2. The maximum absolute atomic E-state index is 13.8. The van der Waals surface area contributed by atoms with Crippen LogP contribution in [0.15, 0.2) is 21.8 Å². The number of ketones is 1. The van der Waals surface area contributed by atoms with Gasteiger partial charge in [0.25, 0.3) is 0 Å². The molecule has 13 nitrogen and oxygen atoms in total. The number of aromatic nitrogens is 1. The fourth-order valence-electron chi connectivity index (χ4n) is 4.17. The van der Waals surface area contributed by atoms with Gasteiger partial charge in [0.2, 0.25) is 11.5 Å². The van der Waals surface area contributed by atoms with Crippen molar-refractivity contribution in [2.75, 3.05) is 11.2 Å². The summed E-state index contributed by atoms with van der Waals surface area (Å²) in [6.07, 6.45) is -1.09. The summed E-state index contributed by atoms with van der Waals surface area (Å²) in [5.41, 5.74) is -2.99. The highest BCUT2D eigenvalue weighted by Gasteiger charge is 2.55. The van der Waals surface area contributed by atoms with Gasteiger partial charge >= 0.3 is 26.1 Å². The highest BCUT2D eigenvalue weighted by Crippen LogP contribution is 2.48. The van der Waals surface area contributed by atoms with Gasteiger partial charge in [-0.15, -0.1) is 34.7 Å². The molecule has 45 heavy (non-hydrogen) atoms. The molecule has 1 saturated heterocycles. The molecular formula is C28H36BClN4O9S2. The van der Waals surface area contributed by atoms with E-state index >= 15 is 0 Å². The Morgan fingerprint density at radius 1 is 1.09 bits per heavy atom. The van der Waals surface area contributed by atoms with E-state index in [-0.39, 0.29) is 39.8 Å². The zero-order valence-electron chi connectivity index (χ0n) is 26.5. The maximum Gasteiger partial charge on any atom is 0.413 e. The molecule has 0 bridgehead atoms. The van der Waals surface area contributed by atoms with Gasteiger partial charge in [-0.2, -0.15) is 0 Å². The normalized spacial score (nSPS) is 20.6. The number of thioether (sulfide) groups is 1. The number of halogens is 1. The topological polar surface area (TPSA) is 163 Å². The van der Waals surface area contributed by atoms with Crippen molar-refractivity contribution in [2.45, 2.75) is 96.2 Å². The van der Waals surface area contributed by atoms with Crippen molar-refractivity contribution in [1.29, 1.82) is 0 Å². The number of alkyl halides is 1. The first kappa shape index (κ1) is 36.4. The third kappa shape index (κ3) is 8.79. The average Bonchev–Trinajstić information content (AvgIpc) is 3.36. The molecule has 17 heteroatoms. The lowest BCUT2D eigenvalue weighted by Crippen LogP contribution is -2.63. The molecule has 0 spiro atoms. The lowest BCUT2D eigenvalue weighted by Gasteiger charge is -2.51. The van der Waals surface area contributed by atoms with Gasteiger partial charge in [-0.1, -0.05) is 5.16 Å². The Bertz CT molecular complexity index is 1430. The van der Waals surface area contributed by atoms with Crippen LogP contribution in [0.1, 0.15) is 74.4 Å². The summed E-state index contributed by atoms with van der Waals surface area (Å²) in [6, 6.07) is 0. The van der Waals surface area contributed by atoms with Crippen LogP contribution < -0.4 is 5.32 Å². The Balaban J connectivity index is 1.91. The Hall–Kier alpha value is -3.11. The molecule has 0 unspecified atom stereocenters. The smallest absolute Gasteiger partial charge is 0.413 e. The van der Waals surface area contributed by atoms with E-state index in [0.717, 1.165) is 11.3 Å². The van der Waals surface area contributed by atoms with Crippen LogP contribution in [0.2, 0.25) is 0 Å². The van der Waals surface area contributed by atoms with Crippen LogP contribution in [0.3, 0.4) is 0 Å². The number of oxime groups is 1. The number of carbonyl (C=O) groups excluding carboxylic acids is 5. The van der Waals surface area contributed by atoms with E-state index in [0.29, 0.717) is 5.57 Å². The molecule has 2 aliphatic rings. The van der Waals surface area contributed by atoms with Crippen LogP contribution in [0.5, 0.6) is 0 Å². The third-order valence-electron chi connectivity index (χ3n) is 6.26. The van der Waals surface area contributed by atoms with Gasteiger partial charge in [-0.05, 0) is 67.9 Å². The number of Topliss-reactive ketones (excluding diaryl/α,β-unsaturated/α-hetero) is 1. The first-order chi connectivity index (χ1) is 20.7. The second-order valence-corrected chi connectivity index (χ2v) is 15.3. The molecule has 2 amide bonds. The number of anilines is 1. The molecule has 3 rings (SSSR count). The predicted octanol–water partition coefficient (Wildman–Crippen LogP) is 4.33. The molecule has 1 N–H and O–H groups in total. The summed E-state index contributed by atoms with van der Waals surface area (Å²) in [6.45, 7) is 14.9. The number of rotatable bonds is 10. The van der Waals surface area contributed by atoms with Gasteiger partial charge in [0.15, 0.2) is 16.6 Å².